The Morgan fingerprint density at radius 3 is 2.67 bits per heavy atom. The predicted molar refractivity (Wildman–Crippen MR) is 72.7 cm³/mol. The van der Waals surface area contributed by atoms with Crippen LogP contribution in [0.4, 0.5) is 0 Å². The van der Waals surface area contributed by atoms with Gasteiger partial charge >= 0.3 is 0 Å². The smallest absolute Gasteiger partial charge is 0.121 e. The van der Waals surface area contributed by atoms with Crippen LogP contribution in [0.1, 0.15) is 11.3 Å². The Kier molecular flexibility index (Phi) is 3.67. The quantitative estimate of drug-likeness (QED) is 0.897. The van der Waals surface area contributed by atoms with Crippen molar-refractivity contribution in [2.75, 3.05) is 13.7 Å². The van der Waals surface area contributed by atoms with Gasteiger partial charge in [0.05, 0.1) is 25.0 Å². The Hall–Kier alpha value is -1.81. The van der Waals surface area contributed by atoms with Gasteiger partial charge in [0.2, 0.25) is 0 Å². The van der Waals surface area contributed by atoms with E-state index in [1.807, 2.05) is 24.6 Å². The van der Waals surface area contributed by atoms with Gasteiger partial charge in [-0.1, -0.05) is 0 Å². The topological polar surface area (TPSA) is 53.1 Å². The average Bonchev–Trinajstić information content (AvgIpc) is 2.71. The van der Waals surface area contributed by atoms with Crippen molar-refractivity contribution < 1.29 is 4.74 Å². The number of hydrogen-bond donors (Lipinski definition) is 1. The molecule has 1 aromatic carbocycles. The molecule has 0 atom stereocenters. The molecule has 0 fully saturated rings. The maximum Gasteiger partial charge on any atom is 0.121 e. The molecule has 4 nitrogen and oxygen atoms in total. The molecule has 0 saturated carbocycles. The second-order valence-corrected chi connectivity index (χ2v) is 4.37. The molecule has 0 aliphatic carbocycles. The van der Waals surface area contributed by atoms with Crippen molar-refractivity contribution in [3.63, 3.8) is 0 Å². The molecule has 2 rings (SSSR count). The van der Waals surface area contributed by atoms with Gasteiger partial charge in [0.1, 0.15) is 5.75 Å². The minimum atomic E-state index is 0.587. The molecule has 1 aromatic heterocycles. The van der Waals surface area contributed by atoms with Crippen LogP contribution in [0.25, 0.3) is 11.3 Å². The van der Waals surface area contributed by atoms with Crippen LogP contribution in [0, 0.1) is 13.8 Å². The molecular formula is C14H19N3O. The largest absolute Gasteiger partial charge is 0.496 e. The molecule has 2 N–H and O–H groups in total. The van der Waals surface area contributed by atoms with E-state index in [1.165, 1.54) is 0 Å². The second-order valence-electron chi connectivity index (χ2n) is 4.37. The second kappa shape index (κ2) is 5.23. The highest BCUT2D eigenvalue weighted by Crippen LogP contribution is 2.26. The Balaban J connectivity index is 2.44. The van der Waals surface area contributed by atoms with E-state index >= 15 is 0 Å². The zero-order valence-corrected chi connectivity index (χ0v) is 11.1. The van der Waals surface area contributed by atoms with Crippen molar-refractivity contribution in [3.05, 3.63) is 35.5 Å². The Morgan fingerprint density at radius 2 is 2.06 bits per heavy atom. The molecule has 1 heterocycles. The monoisotopic (exact) mass is 245 g/mol. The third-order valence-electron chi connectivity index (χ3n) is 2.93. The van der Waals surface area contributed by atoms with E-state index in [0.717, 1.165) is 34.8 Å². The fourth-order valence-corrected chi connectivity index (χ4v) is 2.11. The zero-order valence-electron chi connectivity index (χ0n) is 11.1. The molecule has 0 unspecified atom stereocenters. The summed E-state index contributed by atoms with van der Waals surface area (Å²) in [6, 6.07) is 8.23. The van der Waals surface area contributed by atoms with Crippen molar-refractivity contribution in [1.29, 1.82) is 0 Å². The van der Waals surface area contributed by atoms with E-state index in [1.54, 1.807) is 7.11 Å². The van der Waals surface area contributed by atoms with Crippen LogP contribution in [-0.2, 0) is 6.54 Å². The molecule has 0 radical (unpaired) electrons. The fraction of sp³-hybridized carbons (Fsp3) is 0.357. The Labute approximate surface area is 107 Å². The highest BCUT2D eigenvalue weighted by Gasteiger charge is 2.09. The van der Waals surface area contributed by atoms with E-state index in [-0.39, 0.29) is 0 Å². The lowest BCUT2D eigenvalue weighted by molar-refractivity contribution is 0.412. The molecule has 96 valence electrons. The maximum absolute atomic E-state index is 5.61. The number of hydrogen-bond acceptors (Lipinski definition) is 3. The van der Waals surface area contributed by atoms with Crippen molar-refractivity contribution in [1.82, 2.24) is 9.78 Å². The van der Waals surface area contributed by atoms with Crippen molar-refractivity contribution in [2.45, 2.75) is 20.4 Å². The summed E-state index contributed by atoms with van der Waals surface area (Å²) in [5.74, 6) is 0.903. The number of aromatic nitrogens is 2. The lowest BCUT2D eigenvalue weighted by Crippen LogP contribution is -2.12. The number of methoxy groups -OCH3 is 1. The van der Waals surface area contributed by atoms with Gasteiger partial charge in [-0.15, -0.1) is 0 Å². The minimum absolute atomic E-state index is 0.587. The lowest BCUT2D eigenvalue weighted by atomic mass is 10.1. The van der Waals surface area contributed by atoms with Gasteiger partial charge in [-0.2, -0.15) is 5.10 Å². The first kappa shape index (κ1) is 12.6. The molecule has 0 spiro atoms. The molecule has 18 heavy (non-hydrogen) atoms. The number of nitrogens with zero attached hydrogens (tertiary/aromatic N) is 2. The van der Waals surface area contributed by atoms with Gasteiger partial charge in [-0.3, -0.25) is 4.68 Å². The molecule has 0 bridgehead atoms. The summed E-state index contributed by atoms with van der Waals surface area (Å²) in [5, 5.41) is 4.45. The van der Waals surface area contributed by atoms with Crippen LogP contribution in [0.3, 0.4) is 0 Å². The molecule has 0 saturated heterocycles. The van der Waals surface area contributed by atoms with E-state index in [4.69, 9.17) is 10.5 Å². The molecular weight excluding hydrogens is 226 g/mol. The average molecular weight is 245 g/mol. The molecule has 2 aromatic rings. The zero-order chi connectivity index (χ0) is 13.1. The number of benzene rings is 1. The van der Waals surface area contributed by atoms with Crippen LogP contribution in [-0.4, -0.2) is 23.4 Å². The predicted octanol–water partition coefficient (Wildman–Crippen LogP) is 2.13. The Bertz CT molecular complexity index is 546. The summed E-state index contributed by atoms with van der Waals surface area (Å²) in [6.07, 6.45) is 0. The van der Waals surface area contributed by atoms with Crippen molar-refractivity contribution in [3.8, 4) is 17.0 Å². The number of nitrogens with two attached hydrogens (primary N) is 1. The summed E-state index contributed by atoms with van der Waals surface area (Å²) in [7, 11) is 1.69. The first-order valence-corrected chi connectivity index (χ1v) is 6.05. The van der Waals surface area contributed by atoms with E-state index in [2.05, 4.69) is 23.3 Å². The third kappa shape index (κ3) is 2.38. The Morgan fingerprint density at radius 1 is 1.28 bits per heavy atom. The molecule has 0 amide bonds. The van der Waals surface area contributed by atoms with Gasteiger partial charge < -0.3 is 10.5 Å². The molecule has 4 heteroatoms. The highest BCUT2D eigenvalue weighted by molar-refractivity contribution is 5.62. The van der Waals surface area contributed by atoms with Gasteiger partial charge in [-0.05, 0) is 43.7 Å². The third-order valence-corrected chi connectivity index (χ3v) is 2.93. The first-order chi connectivity index (χ1) is 8.65. The van der Waals surface area contributed by atoms with Gasteiger partial charge in [-0.25, -0.2) is 0 Å². The van der Waals surface area contributed by atoms with E-state index in [0.29, 0.717) is 6.54 Å². The molecule has 0 aliphatic rings. The highest BCUT2D eigenvalue weighted by atomic mass is 16.5. The van der Waals surface area contributed by atoms with Crippen LogP contribution in [0.5, 0.6) is 5.75 Å². The molecule has 0 aliphatic heterocycles. The number of ether oxygens (including phenoxy) is 1. The van der Waals surface area contributed by atoms with Crippen LogP contribution >= 0.6 is 0 Å². The number of aryl methyl sites for hydroxylation is 2. The summed E-state index contributed by atoms with van der Waals surface area (Å²) >= 11 is 0. The first-order valence-electron chi connectivity index (χ1n) is 6.05. The van der Waals surface area contributed by atoms with Crippen LogP contribution < -0.4 is 10.5 Å². The van der Waals surface area contributed by atoms with Gasteiger partial charge in [0.15, 0.2) is 0 Å². The normalized spacial score (nSPS) is 10.7. The standard InChI is InChI=1S/C14H19N3O/c1-10-8-12(4-5-14(10)18-3)13-9-11(2)16-17(13)7-6-15/h4-5,8-9H,6-7,15H2,1-3H3. The minimum Gasteiger partial charge on any atom is -0.496 e. The number of rotatable bonds is 4. The van der Waals surface area contributed by atoms with Crippen molar-refractivity contribution in [2.24, 2.45) is 5.73 Å². The lowest BCUT2D eigenvalue weighted by Gasteiger charge is -2.09. The van der Waals surface area contributed by atoms with Gasteiger partial charge in [0, 0.05) is 12.1 Å². The maximum atomic E-state index is 5.61. The van der Waals surface area contributed by atoms with Crippen molar-refractivity contribution >= 4 is 0 Å². The van der Waals surface area contributed by atoms with Gasteiger partial charge in [0.25, 0.3) is 0 Å². The summed E-state index contributed by atoms with van der Waals surface area (Å²) in [5.41, 5.74) is 9.98. The SMILES string of the molecule is COc1ccc(-c2cc(C)nn2CCN)cc1C. The summed E-state index contributed by atoms with van der Waals surface area (Å²) in [4.78, 5) is 0. The van der Waals surface area contributed by atoms with E-state index < -0.39 is 0 Å². The summed E-state index contributed by atoms with van der Waals surface area (Å²) < 4.78 is 7.23. The fourth-order valence-electron chi connectivity index (χ4n) is 2.11. The van der Waals surface area contributed by atoms with Crippen LogP contribution in [0.15, 0.2) is 24.3 Å². The van der Waals surface area contributed by atoms with E-state index in [9.17, 15) is 0 Å². The van der Waals surface area contributed by atoms with Crippen LogP contribution in [0.2, 0.25) is 0 Å². The summed E-state index contributed by atoms with van der Waals surface area (Å²) in [6.45, 7) is 5.35.